The Bertz CT molecular complexity index is 1540. The number of sulfone groups is 1. The number of aromatic nitrogens is 3. The normalized spacial score (nSPS) is 12.2. The van der Waals surface area contributed by atoms with Crippen molar-refractivity contribution in [3.8, 4) is 22.9 Å². The van der Waals surface area contributed by atoms with E-state index in [9.17, 15) is 13.7 Å². The first-order chi connectivity index (χ1) is 16.2. The number of benzene rings is 1. The lowest BCUT2D eigenvalue weighted by Crippen LogP contribution is -2.01. The summed E-state index contributed by atoms with van der Waals surface area (Å²) in [5.74, 6) is 0. The number of hydrogen-bond donors (Lipinski definition) is 0. The Morgan fingerprint density at radius 2 is 1.85 bits per heavy atom. The standard InChI is InChI=1S/C23H22ClN5O2P2S/c1-14-7-20-17(8-15(14)9-25)19(18-11-26-12-21(23(18)24)29(32-2)33-3)13-28(20)16-5-6-22(27-10-16)34(4,30)31/h5-8,10-13,32-33H,1-4H3. The molecule has 3 heterocycles. The Morgan fingerprint density at radius 1 is 1.12 bits per heavy atom. The number of halogens is 1. The van der Waals surface area contributed by atoms with Crippen LogP contribution in [0.2, 0.25) is 5.02 Å². The van der Waals surface area contributed by atoms with Gasteiger partial charge in [-0.05, 0) is 67.5 Å². The highest BCUT2D eigenvalue weighted by atomic mass is 35.5. The number of rotatable bonds is 6. The third-order valence-electron chi connectivity index (χ3n) is 5.49. The van der Waals surface area contributed by atoms with Crippen LogP contribution in [0.1, 0.15) is 11.1 Å². The lowest BCUT2D eigenvalue weighted by Gasteiger charge is -2.22. The highest BCUT2D eigenvalue weighted by molar-refractivity contribution is 7.90. The van der Waals surface area contributed by atoms with Gasteiger partial charge in [-0.1, -0.05) is 11.6 Å². The molecular formula is C23H22ClN5O2P2S. The van der Waals surface area contributed by atoms with Crippen LogP contribution in [0.4, 0.5) is 5.69 Å². The summed E-state index contributed by atoms with van der Waals surface area (Å²) < 4.78 is 27.8. The number of fused-ring (bicyclic) bond motifs is 1. The molecule has 0 saturated heterocycles. The fourth-order valence-electron chi connectivity index (χ4n) is 3.79. The quantitative estimate of drug-likeness (QED) is 0.303. The van der Waals surface area contributed by atoms with Gasteiger partial charge in [0.25, 0.3) is 0 Å². The highest BCUT2D eigenvalue weighted by Gasteiger charge is 2.20. The summed E-state index contributed by atoms with van der Waals surface area (Å²) in [6.45, 7) is 6.08. The fraction of sp³-hybridized carbons (Fsp3) is 0.174. The summed E-state index contributed by atoms with van der Waals surface area (Å²) in [7, 11) is -2.31. The van der Waals surface area contributed by atoms with Crippen LogP contribution >= 0.6 is 29.1 Å². The van der Waals surface area contributed by atoms with E-state index < -0.39 is 9.84 Å². The van der Waals surface area contributed by atoms with Crippen LogP contribution in [0, 0.1) is 18.3 Å². The van der Waals surface area contributed by atoms with Gasteiger partial charge in [-0.25, -0.2) is 13.4 Å². The van der Waals surface area contributed by atoms with E-state index in [1.807, 2.05) is 29.8 Å². The average molecular weight is 530 g/mol. The van der Waals surface area contributed by atoms with Crippen LogP contribution in [-0.2, 0) is 9.84 Å². The Kier molecular flexibility index (Phi) is 6.94. The minimum absolute atomic E-state index is 0.0108. The summed E-state index contributed by atoms with van der Waals surface area (Å²) >= 11 is 6.90. The first-order valence-corrected chi connectivity index (χ1v) is 15.4. The summed E-state index contributed by atoms with van der Waals surface area (Å²) in [6, 6.07) is 9.27. The molecule has 0 aliphatic carbocycles. The molecule has 0 radical (unpaired) electrons. The van der Waals surface area contributed by atoms with Gasteiger partial charge in [-0.3, -0.25) is 4.98 Å². The summed E-state index contributed by atoms with van der Waals surface area (Å²) in [5.41, 5.74) is 5.42. The molecule has 2 unspecified atom stereocenters. The van der Waals surface area contributed by atoms with Crippen molar-refractivity contribution in [1.29, 1.82) is 5.26 Å². The second-order valence-corrected chi connectivity index (χ2v) is 12.2. The lowest BCUT2D eigenvalue weighted by atomic mass is 10.0. The first-order valence-electron chi connectivity index (χ1n) is 10.2. The number of nitrogens with zero attached hydrogens (tertiary/aromatic N) is 5. The smallest absolute Gasteiger partial charge is 0.192 e. The predicted molar refractivity (Wildman–Crippen MR) is 143 cm³/mol. The molecule has 4 rings (SSSR count). The van der Waals surface area contributed by atoms with E-state index in [0.29, 0.717) is 33.7 Å². The van der Waals surface area contributed by atoms with Crippen LogP contribution < -0.4 is 4.44 Å². The first kappa shape index (κ1) is 24.6. The topological polar surface area (TPSA) is 91.9 Å². The van der Waals surface area contributed by atoms with Gasteiger partial charge in [-0.2, -0.15) is 5.26 Å². The Hall–Kier alpha value is -2.55. The molecule has 4 aromatic rings. The summed E-state index contributed by atoms with van der Waals surface area (Å²) in [6.07, 6.45) is 8.10. The monoisotopic (exact) mass is 529 g/mol. The average Bonchev–Trinajstić information content (AvgIpc) is 3.17. The number of hydrogen-bond acceptors (Lipinski definition) is 6. The maximum Gasteiger partial charge on any atom is 0.192 e. The number of aryl methyl sites for hydroxylation is 1. The van der Waals surface area contributed by atoms with Crippen LogP contribution in [0.25, 0.3) is 27.7 Å². The number of anilines is 1. The Balaban J connectivity index is 2.00. The van der Waals surface area contributed by atoms with Gasteiger partial charge in [0.05, 0.1) is 45.9 Å². The molecular weight excluding hydrogens is 508 g/mol. The van der Waals surface area contributed by atoms with Crippen molar-refractivity contribution in [2.75, 3.05) is 24.0 Å². The third-order valence-corrected chi connectivity index (χ3v) is 9.61. The maximum absolute atomic E-state index is 11.8. The van der Waals surface area contributed by atoms with Gasteiger partial charge in [-0.15, -0.1) is 0 Å². The van der Waals surface area contributed by atoms with Crippen molar-refractivity contribution in [3.63, 3.8) is 0 Å². The van der Waals surface area contributed by atoms with Crippen molar-refractivity contribution >= 4 is 55.5 Å². The molecule has 0 N–H and O–H groups in total. The molecule has 0 saturated carbocycles. The van der Waals surface area contributed by atoms with Gasteiger partial charge in [0.15, 0.2) is 14.9 Å². The molecule has 2 atom stereocenters. The molecule has 11 heteroatoms. The molecule has 34 heavy (non-hydrogen) atoms. The van der Waals surface area contributed by atoms with Gasteiger partial charge >= 0.3 is 0 Å². The molecule has 0 fully saturated rings. The highest BCUT2D eigenvalue weighted by Crippen LogP contribution is 2.45. The van der Waals surface area contributed by atoms with Crippen molar-refractivity contribution in [2.45, 2.75) is 11.9 Å². The van der Waals surface area contributed by atoms with Crippen LogP contribution in [0.3, 0.4) is 0 Å². The van der Waals surface area contributed by atoms with E-state index in [0.717, 1.165) is 39.5 Å². The van der Waals surface area contributed by atoms with E-state index in [-0.39, 0.29) is 5.03 Å². The Labute approximate surface area is 207 Å². The summed E-state index contributed by atoms with van der Waals surface area (Å²) in [4.78, 5) is 8.60. The Morgan fingerprint density at radius 3 is 2.44 bits per heavy atom. The largest absolute Gasteiger partial charge is 0.333 e. The van der Waals surface area contributed by atoms with E-state index in [4.69, 9.17) is 11.6 Å². The zero-order valence-electron chi connectivity index (χ0n) is 19.0. The molecule has 7 nitrogen and oxygen atoms in total. The van der Waals surface area contributed by atoms with Gasteiger partial charge in [0.2, 0.25) is 0 Å². The second-order valence-electron chi connectivity index (χ2n) is 7.64. The van der Waals surface area contributed by atoms with Crippen molar-refractivity contribution < 1.29 is 8.42 Å². The van der Waals surface area contributed by atoms with Gasteiger partial charge in [0, 0.05) is 35.2 Å². The number of nitriles is 1. The van der Waals surface area contributed by atoms with E-state index in [1.165, 1.54) is 12.3 Å². The van der Waals surface area contributed by atoms with Gasteiger partial charge < -0.3 is 9.01 Å². The molecule has 3 aromatic heterocycles. The van der Waals surface area contributed by atoms with E-state index >= 15 is 0 Å². The molecule has 174 valence electrons. The van der Waals surface area contributed by atoms with E-state index in [2.05, 4.69) is 33.8 Å². The van der Waals surface area contributed by atoms with Gasteiger partial charge in [0.1, 0.15) is 0 Å². The molecule has 0 spiro atoms. The van der Waals surface area contributed by atoms with E-state index in [1.54, 1.807) is 18.5 Å². The van der Waals surface area contributed by atoms with Crippen LogP contribution in [0.5, 0.6) is 0 Å². The SMILES string of the molecule is CPN(PC)c1cncc(-c2cn(-c3ccc(S(C)(=O)=O)nc3)c3cc(C)c(C#N)cc23)c1Cl. The summed E-state index contributed by atoms with van der Waals surface area (Å²) in [5, 5.41) is 11.1. The lowest BCUT2D eigenvalue weighted by molar-refractivity contribution is 0.598. The zero-order valence-corrected chi connectivity index (χ0v) is 22.5. The van der Waals surface area contributed by atoms with Crippen LogP contribution in [-0.4, -0.2) is 42.5 Å². The minimum atomic E-state index is -3.41. The zero-order chi connectivity index (χ0) is 24.6. The van der Waals surface area contributed by atoms with Crippen molar-refractivity contribution in [1.82, 2.24) is 14.5 Å². The van der Waals surface area contributed by atoms with Crippen molar-refractivity contribution in [2.24, 2.45) is 0 Å². The second kappa shape index (κ2) is 9.60. The molecule has 1 aromatic carbocycles. The maximum atomic E-state index is 11.8. The van der Waals surface area contributed by atoms with Crippen molar-refractivity contribution in [3.05, 3.63) is 65.2 Å². The number of pyridine rings is 2. The third kappa shape index (κ3) is 4.42. The molecule has 0 bridgehead atoms. The molecule has 0 aliphatic rings. The molecule has 0 aliphatic heterocycles. The fourth-order valence-corrected chi connectivity index (χ4v) is 6.49. The predicted octanol–water partition coefficient (Wildman–Crippen LogP) is 5.58. The molecule has 0 amide bonds. The minimum Gasteiger partial charge on any atom is -0.333 e. The van der Waals surface area contributed by atoms with Crippen LogP contribution in [0.15, 0.2) is 54.1 Å².